The van der Waals surface area contributed by atoms with Crippen LogP contribution >= 0.6 is 24.0 Å². The van der Waals surface area contributed by atoms with Crippen LogP contribution < -0.4 is 5.73 Å². The first-order chi connectivity index (χ1) is 6.61. The lowest BCUT2D eigenvalue weighted by Crippen LogP contribution is -1.97. The molecule has 0 saturated carbocycles. The molecular formula is C9H7NO2S2. The first kappa shape index (κ1) is 9.36. The van der Waals surface area contributed by atoms with Gasteiger partial charge in [0.25, 0.3) is 0 Å². The van der Waals surface area contributed by atoms with Crippen molar-refractivity contribution in [3.8, 4) is 0 Å². The standard InChI is InChI=1S/C9H7NO2S2/c10-6-3-14-8-4(6)1-2-5(7(8)13)9(11)12/h1-3,13H,10H2,(H,11,12). The van der Waals surface area contributed by atoms with Gasteiger partial charge < -0.3 is 10.8 Å². The van der Waals surface area contributed by atoms with Gasteiger partial charge in [0.1, 0.15) is 0 Å². The molecule has 5 heteroatoms. The number of carbonyl (C=O) groups is 1. The highest BCUT2D eigenvalue weighted by atomic mass is 32.1. The summed E-state index contributed by atoms with van der Waals surface area (Å²) >= 11 is 5.60. The number of hydrogen-bond donors (Lipinski definition) is 3. The number of rotatable bonds is 1. The summed E-state index contributed by atoms with van der Waals surface area (Å²) in [5.74, 6) is -0.969. The summed E-state index contributed by atoms with van der Waals surface area (Å²) in [6, 6.07) is 3.24. The van der Waals surface area contributed by atoms with Crippen LogP contribution in [0.4, 0.5) is 5.69 Å². The Morgan fingerprint density at radius 1 is 1.50 bits per heavy atom. The molecule has 14 heavy (non-hydrogen) atoms. The van der Waals surface area contributed by atoms with E-state index in [4.69, 9.17) is 10.8 Å². The molecule has 0 radical (unpaired) electrons. The number of nitrogens with two attached hydrogens (primary N) is 1. The number of carboxylic acids is 1. The Morgan fingerprint density at radius 2 is 2.21 bits per heavy atom. The number of carboxylic acid groups (broad SMARTS) is 1. The van der Waals surface area contributed by atoms with Gasteiger partial charge in [0.15, 0.2) is 0 Å². The van der Waals surface area contributed by atoms with Crippen molar-refractivity contribution in [2.24, 2.45) is 0 Å². The van der Waals surface area contributed by atoms with Gasteiger partial charge in [0.05, 0.1) is 16.0 Å². The van der Waals surface area contributed by atoms with E-state index in [9.17, 15) is 4.79 Å². The molecule has 0 fully saturated rings. The fourth-order valence-electron chi connectivity index (χ4n) is 1.28. The maximum Gasteiger partial charge on any atom is 0.336 e. The van der Waals surface area contributed by atoms with E-state index in [2.05, 4.69) is 12.6 Å². The summed E-state index contributed by atoms with van der Waals surface area (Å²) in [6.45, 7) is 0. The molecule has 0 aliphatic carbocycles. The Kier molecular flexibility index (Phi) is 2.13. The molecule has 3 N–H and O–H groups in total. The van der Waals surface area contributed by atoms with Crippen LogP contribution in [0.1, 0.15) is 10.4 Å². The molecule has 0 spiro atoms. The normalized spacial score (nSPS) is 10.6. The Labute approximate surface area is 89.6 Å². The molecule has 1 aromatic heterocycles. The minimum Gasteiger partial charge on any atom is -0.478 e. The fraction of sp³-hybridized carbons (Fsp3) is 0. The van der Waals surface area contributed by atoms with E-state index in [-0.39, 0.29) is 5.56 Å². The minimum atomic E-state index is -0.969. The summed E-state index contributed by atoms with van der Waals surface area (Å²) in [5, 5.41) is 11.5. The Bertz CT molecular complexity index is 519. The van der Waals surface area contributed by atoms with Gasteiger partial charge in [-0.1, -0.05) is 6.07 Å². The van der Waals surface area contributed by atoms with Crippen LogP contribution in [0.2, 0.25) is 0 Å². The molecule has 0 amide bonds. The number of anilines is 1. The molecule has 0 bridgehead atoms. The minimum absolute atomic E-state index is 0.211. The number of hydrogen-bond acceptors (Lipinski definition) is 4. The smallest absolute Gasteiger partial charge is 0.336 e. The summed E-state index contributed by atoms with van der Waals surface area (Å²) in [4.78, 5) is 11.3. The van der Waals surface area contributed by atoms with Crippen molar-refractivity contribution in [2.45, 2.75) is 4.90 Å². The van der Waals surface area contributed by atoms with Crippen LogP contribution in [0.15, 0.2) is 22.4 Å². The molecule has 2 aromatic rings. The maximum atomic E-state index is 10.8. The molecule has 1 heterocycles. The molecule has 3 nitrogen and oxygen atoms in total. The Morgan fingerprint density at radius 3 is 2.86 bits per heavy atom. The number of fused-ring (bicyclic) bond motifs is 1. The molecule has 0 unspecified atom stereocenters. The molecule has 2 rings (SSSR count). The lowest BCUT2D eigenvalue weighted by molar-refractivity contribution is 0.0693. The van der Waals surface area contributed by atoms with E-state index < -0.39 is 5.97 Å². The van der Waals surface area contributed by atoms with Crippen molar-refractivity contribution in [2.75, 3.05) is 5.73 Å². The molecule has 0 aliphatic rings. The monoisotopic (exact) mass is 225 g/mol. The van der Waals surface area contributed by atoms with E-state index in [1.54, 1.807) is 11.4 Å². The van der Waals surface area contributed by atoms with E-state index in [1.165, 1.54) is 17.4 Å². The van der Waals surface area contributed by atoms with Crippen LogP contribution in [-0.2, 0) is 0 Å². The molecule has 0 atom stereocenters. The zero-order chi connectivity index (χ0) is 10.3. The molecule has 72 valence electrons. The summed E-state index contributed by atoms with van der Waals surface area (Å²) in [6.07, 6.45) is 0. The number of thiol groups is 1. The zero-order valence-electron chi connectivity index (χ0n) is 7.02. The van der Waals surface area contributed by atoms with Gasteiger partial charge >= 0.3 is 5.97 Å². The number of thiophene rings is 1. The molecular weight excluding hydrogens is 218 g/mol. The summed E-state index contributed by atoms with van der Waals surface area (Å²) in [7, 11) is 0. The van der Waals surface area contributed by atoms with Gasteiger partial charge in [-0.25, -0.2) is 4.79 Å². The topological polar surface area (TPSA) is 63.3 Å². The first-order valence-corrected chi connectivity index (χ1v) is 5.16. The van der Waals surface area contributed by atoms with Crippen molar-refractivity contribution < 1.29 is 9.90 Å². The average molecular weight is 225 g/mol. The van der Waals surface area contributed by atoms with Crippen molar-refractivity contribution in [1.82, 2.24) is 0 Å². The maximum absolute atomic E-state index is 10.8. The van der Waals surface area contributed by atoms with Gasteiger partial charge in [-0.2, -0.15) is 0 Å². The molecule has 1 aromatic carbocycles. The number of benzene rings is 1. The SMILES string of the molecule is Nc1csc2c(S)c(C(=O)O)ccc12. The van der Waals surface area contributed by atoms with E-state index in [0.717, 1.165) is 10.1 Å². The average Bonchev–Trinajstić information content (AvgIpc) is 2.49. The third-order valence-corrected chi connectivity index (χ3v) is 3.62. The summed E-state index contributed by atoms with van der Waals surface area (Å²) in [5.41, 5.74) is 6.58. The predicted octanol–water partition coefficient (Wildman–Crippen LogP) is 2.47. The second kappa shape index (κ2) is 3.18. The van der Waals surface area contributed by atoms with E-state index in [0.29, 0.717) is 10.6 Å². The number of aromatic carboxylic acids is 1. The largest absolute Gasteiger partial charge is 0.478 e. The summed E-state index contributed by atoms with van der Waals surface area (Å²) < 4.78 is 0.825. The predicted molar refractivity (Wildman–Crippen MR) is 60.4 cm³/mol. The van der Waals surface area contributed by atoms with Gasteiger partial charge in [-0.3, -0.25) is 0 Å². The van der Waals surface area contributed by atoms with Crippen LogP contribution in [0.25, 0.3) is 10.1 Å². The van der Waals surface area contributed by atoms with Crippen LogP contribution in [0.5, 0.6) is 0 Å². The highest BCUT2D eigenvalue weighted by Gasteiger charge is 2.12. The van der Waals surface area contributed by atoms with Crippen molar-refractivity contribution in [3.63, 3.8) is 0 Å². The highest BCUT2D eigenvalue weighted by molar-refractivity contribution is 7.80. The van der Waals surface area contributed by atoms with Gasteiger partial charge in [0, 0.05) is 15.7 Å². The van der Waals surface area contributed by atoms with Crippen LogP contribution in [0.3, 0.4) is 0 Å². The lowest BCUT2D eigenvalue weighted by Gasteiger charge is -2.00. The van der Waals surface area contributed by atoms with Gasteiger partial charge in [-0.05, 0) is 6.07 Å². The first-order valence-electron chi connectivity index (χ1n) is 3.83. The molecule has 0 saturated heterocycles. The fourth-order valence-corrected chi connectivity index (χ4v) is 2.63. The lowest BCUT2D eigenvalue weighted by atomic mass is 10.1. The van der Waals surface area contributed by atoms with Crippen molar-refractivity contribution >= 4 is 45.7 Å². The van der Waals surface area contributed by atoms with Crippen molar-refractivity contribution in [3.05, 3.63) is 23.1 Å². The second-order valence-electron chi connectivity index (χ2n) is 2.83. The quantitative estimate of drug-likeness (QED) is 0.653. The van der Waals surface area contributed by atoms with Crippen LogP contribution in [-0.4, -0.2) is 11.1 Å². The van der Waals surface area contributed by atoms with Gasteiger partial charge in [-0.15, -0.1) is 24.0 Å². The van der Waals surface area contributed by atoms with E-state index >= 15 is 0 Å². The Balaban J connectivity index is 2.82. The number of nitrogen functional groups attached to an aromatic ring is 1. The third-order valence-electron chi connectivity index (χ3n) is 1.98. The Hall–Kier alpha value is -1.20. The second-order valence-corrected chi connectivity index (χ2v) is 4.16. The van der Waals surface area contributed by atoms with Crippen LogP contribution in [0, 0.1) is 0 Å². The zero-order valence-corrected chi connectivity index (χ0v) is 8.73. The molecule has 0 aliphatic heterocycles. The highest BCUT2D eigenvalue weighted by Crippen LogP contribution is 2.34. The van der Waals surface area contributed by atoms with E-state index in [1.807, 2.05) is 0 Å². The third kappa shape index (κ3) is 1.25. The van der Waals surface area contributed by atoms with Crippen molar-refractivity contribution in [1.29, 1.82) is 0 Å². The van der Waals surface area contributed by atoms with Gasteiger partial charge in [0.2, 0.25) is 0 Å².